The number of H-pyrrole nitrogens is 1. The van der Waals surface area contributed by atoms with Gasteiger partial charge in [-0.2, -0.15) is 0 Å². The van der Waals surface area contributed by atoms with Crippen LogP contribution in [0.2, 0.25) is 0 Å². The zero-order valence-electron chi connectivity index (χ0n) is 16.3. The van der Waals surface area contributed by atoms with E-state index in [1.165, 1.54) is 17.4 Å². The average molecular weight is 557 g/mol. The number of nitrogens with zero attached hydrogens (tertiary/aromatic N) is 3. The van der Waals surface area contributed by atoms with Crippen LogP contribution in [0.4, 0.5) is 20.3 Å². The van der Waals surface area contributed by atoms with Crippen molar-refractivity contribution in [3.8, 4) is 10.4 Å². The van der Waals surface area contributed by atoms with Crippen molar-refractivity contribution in [2.24, 2.45) is 5.73 Å². The van der Waals surface area contributed by atoms with Crippen LogP contribution in [0.25, 0.3) is 20.7 Å². The predicted molar refractivity (Wildman–Crippen MR) is 122 cm³/mol. The molecule has 0 aliphatic carbocycles. The molecule has 0 saturated heterocycles. The number of aromatic amines is 1. The van der Waals surface area contributed by atoms with Crippen LogP contribution in [0.3, 0.4) is 0 Å². The molecule has 4 rings (SSSR count). The van der Waals surface area contributed by atoms with E-state index >= 15 is 0 Å². The monoisotopic (exact) mass is 556 g/mol. The predicted octanol–water partition coefficient (Wildman–Crippen LogP) is 5.02. The fourth-order valence-corrected chi connectivity index (χ4v) is 5.47. The average Bonchev–Trinajstić information content (AvgIpc) is 3.44. The summed E-state index contributed by atoms with van der Waals surface area (Å²) in [6.45, 7) is 1.84. The first-order valence-electron chi connectivity index (χ1n) is 8.90. The topological polar surface area (TPSA) is 157 Å². The molecule has 4 N–H and O–H groups in total. The highest BCUT2D eigenvalue weighted by Gasteiger charge is 2.29. The number of amides is 2. The number of pyridine rings is 1. The van der Waals surface area contributed by atoms with Crippen LogP contribution in [-0.4, -0.2) is 31.9 Å². The molecule has 0 spiro atoms. The third kappa shape index (κ3) is 4.09. The van der Waals surface area contributed by atoms with Gasteiger partial charge in [0.2, 0.25) is 0 Å². The molecule has 0 bridgehead atoms. The Morgan fingerprint density at radius 2 is 2.06 bits per heavy atom. The fourth-order valence-electron chi connectivity index (χ4n) is 3.06. The van der Waals surface area contributed by atoms with Crippen LogP contribution in [0.15, 0.2) is 22.7 Å². The van der Waals surface area contributed by atoms with Gasteiger partial charge in [0.1, 0.15) is 19.9 Å². The van der Waals surface area contributed by atoms with E-state index in [1.54, 1.807) is 12.1 Å². The van der Waals surface area contributed by atoms with Gasteiger partial charge in [0, 0.05) is 20.7 Å². The highest BCUT2D eigenvalue weighted by molar-refractivity contribution is 9.10. The Labute approximate surface area is 199 Å². The lowest BCUT2D eigenvalue weighted by atomic mass is 10.1. The van der Waals surface area contributed by atoms with E-state index in [9.17, 15) is 28.5 Å². The number of aromatic nitrogens is 3. The highest BCUT2D eigenvalue weighted by Crippen LogP contribution is 2.44. The maximum Gasteiger partial charge on any atom is 0.357 e. The van der Waals surface area contributed by atoms with Crippen LogP contribution in [-0.2, 0) is 0 Å². The van der Waals surface area contributed by atoms with Gasteiger partial charge in [0.05, 0.1) is 5.69 Å². The molecule has 0 unspecified atom stereocenters. The highest BCUT2D eigenvalue weighted by atomic mass is 79.9. The molecule has 2 amide bonds. The number of fused-ring (bicyclic) bond motifs is 1. The van der Waals surface area contributed by atoms with Gasteiger partial charge in [-0.05, 0) is 46.0 Å². The number of thiophene rings is 2. The van der Waals surface area contributed by atoms with Crippen molar-refractivity contribution in [2.45, 2.75) is 13.3 Å². The van der Waals surface area contributed by atoms with Gasteiger partial charge in [0.25, 0.3) is 18.2 Å². The van der Waals surface area contributed by atoms with Crippen molar-refractivity contribution in [3.05, 3.63) is 53.9 Å². The maximum absolute atomic E-state index is 13.5. The first-order chi connectivity index (χ1) is 15.6. The lowest BCUT2D eigenvalue weighted by Crippen LogP contribution is -2.17. The van der Waals surface area contributed by atoms with Gasteiger partial charge in [-0.25, -0.2) is 13.8 Å². The molecule has 4 heterocycles. The first kappa shape index (κ1) is 22.9. The van der Waals surface area contributed by atoms with E-state index in [0.717, 1.165) is 16.2 Å². The number of nitrogens with one attached hydrogen (secondary N) is 2. The second-order valence-electron chi connectivity index (χ2n) is 6.60. The summed E-state index contributed by atoms with van der Waals surface area (Å²) in [6.07, 6.45) is -2.87. The number of hydrogen-bond donors (Lipinski definition) is 3. The van der Waals surface area contributed by atoms with E-state index in [1.807, 2.05) is 6.92 Å². The molecule has 0 aromatic carbocycles. The smallest absolute Gasteiger partial charge is 0.357 e. The van der Waals surface area contributed by atoms with E-state index in [2.05, 4.69) is 36.4 Å². The van der Waals surface area contributed by atoms with Crippen LogP contribution in [0.5, 0.6) is 0 Å². The third-order valence-corrected chi connectivity index (χ3v) is 7.34. The molecule has 10 nitrogen and oxygen atoms in total. The fraction of sp³-hybridized carbons (Fsp3) is 0.111. The largest absolute Gasteiger partial charge is 0.365 e. The number of alkyl halides is 2. The summed E-state index contributed by atoms with van der Waals surface area (Å²) in [7, 11) is 0. The van der Waals surface area contributed by atoms with Crippen LogP contribution < -0.4 is 11.1 Å². The second kappa shape index (κ2) is 8.57. The van der Waals surface area contributed by atoms with Gasteiger partial charge >= 0.3 is 5.82 Å². The van der Waals surface area contributed by atoms with E-state index in [-0.39, 0.29) is 30.9 Å². The van der Waals surface area contributed by atoms with Crippen molar-refractivity contribution in [1.29, 1.82) is 0 Å². The standard InChI is InChI=1S/C18H11BrF2N6O4S2/c1-5-2-3-8(32-5)6-4-7(14(20)21)23-18-9(6)11(13(33-18)15(22)28)24-17(29)12-10(19)16(26-25-12)27(30)31/h2-4,14H,1H3,(H2,22,28)(H,24,29)(H,25,26). The lowest BCUT2D eigenvalue weighted by Gasteiger charge is -2.09. The van der Waals surface area contributed by atoms with Crippen LogP contribution >= 0.6 is 38.6 Å². The zero-order valence-corrected chi connectivity index (χ0v) is 19.5. The normalized spacial score (nSPS) is 11.3. The minimum atomic E-state index is -2.87. The summed E-state index contributed by atoms with van der Waals surface area (Å²) >= 11 is 5.04. The molecule has 15 heteroatoms. The molecule has 0 aliphatic rings. The van der Waals surface area contributed by atoms with Crippen molar-refractivity contribution in [1.82, 2.24) is 15.2 Å². The number of rotatable bonds is 6. The van der Waals surface area contributed by atoms with E-state index in [0.29, 0.717) is 10.4 Å². The number of carbonyl (C=O) groups excluding carboxylic acids is 2. The number of nitro groups is 1. The first-order valence-corrected chi connectivity index (χ1v) is 11.3. The summed E-state index contributed by atoms with van der Waals surface area (Å²) < 4.78 is 26.8. The van der Waals surface area contributed by atoms with Crippen LogP contribution in [0.1, 0.15) is 37.2 Å². The molecular weight excluding hydrogens is 546 g/mol. The Kier molecular flexibility index (Phi) is 5.94. The van der Waals surface area contributed by atoms with Crippen LogP contribution in [0, 0.1) is 17.0 Å². The summed E-state index contributed by atoms with van der Waals surface area (Å²) in [6, 6.07) is 4.72. The number of nitrogens with two attached hydrogens (primary N) is 1. The van der Waals surface area contributed by atoms with Gasteiger partial charge in [-0.3, -0.25) is 9.59 Å². The molecule has 4 aromatic rings. The molecule has 33 heavy (non-hydrogen) atoms. The number of anilines is 1. The third-order valence-electron chi connectivity index (χ3n) is 4.46. The van der Waals surface area contributed by atoms with E-state index in [4.69, 9.17) is 5.73 Å². The second-order valence-corrected chi connectivity index (χ2v) is 9.68. The number of aryl methyl sites for hydroxylation is 1. The SMILES string of the molecule is Cc1ccc(-c2cc(C(F)F)nc3sc(C(N)=O)c(NC(=O)c4n[nH]c([N+](=O)[O-])c4Br)c23)s1. The summed E-state index contributed by atoms with van der Waals surface area (Å²) in [5.74, 6) is -2.34. The van der Waals surface area contributed by atoms with Gasteiger partial charge in [-0.15, -0.1) is 27.8 Å². The molecule has 0 saturated carbocycles. The Bertz CT molecular complexity index is 1450. The van der Waals surface area contributed by atoms with Crippen molar-refractivity contribution in [2.75, 3.05) is 5.32 Å². The molecule has 0 fully saturated rings. The van der Waals surface area contributed by atoms with Crippen molar-refractivity contribution < 1.29 is 23.3 Å². The summed E-state index contributed by atoms with van der Waals surface area (Å²) in [5.41, 5.74) is 4.93. The molecule has 0 radical (unpaired) electrons. The molecule has 170 valence electrons. The number of carbonyl (C=O) groups is 2. The number of halogens is 3. The van der Waals surface area contributed by atoms with Gasteiger partial charge in [0.15, 0.2) is 5.69 Å². The molecule has 0 atom stereocenters. The summed E-state index contributed by atoms with van der Waals surface area (Å²) in [4.78, 5) is 40.7. The Hall–Kier alpha value is -3.30. The molecular formula is C18H11BrF2N6O4S2. The minimum Gasteiger partial charge on any atom is -0.365 e. The quantitative estimate of drug-likeness (QED) is 0.223. The van der Waals surface area contributed by atoms with Crippen molar-refractivity contribution >= 4 is 72.1 Å². The maximum atomic E-state index is 13.5. The zero-order chi connectivity index (χ0) is 24.0. The summed E-state index contributed by atoms with van der Waals surface area (Å²) in [5, 5.41) is 19.5. The Balaban J connectivity index is 1.93. The van der Waals surface area contributed by atoms with Crippen molar-refractivity contribution in [3.63, 3.8) is 0 Å². The Morgan fingerprint density at radius 3 is 2.61 bits per heavy atom. The number of primary amides is 1. The van der Waals surface area contributed by atoms with E-state index < -0.39 is 34.7 Å². The number of hydrogen-bond acceptors (Lipinski definition) is 8. The lowest BCUT2D eigenvalue weighted by molar-refractivity contribution is -0.390. The minimum absolute atomic E-state index is 0.0422. The molecule has 0 aliphatic heterocycles. The van der Waals surface area contributed by atoms with Gasteiger partial charge < -0.3 is 21.2 Å². The van der Waals surface area contributed by atoms with Gasteiger partial charge in [-0.1, -0.05) is 5.10 Å². The molecule has 4 aromatic heterocycles. The Morgan fingerprint density at radius 1 is 1.33 bits per heavy atom.